The van der Waals surface area contributed by atoms with Crippen LogP contribution in [0.5, 0.6) is 11.5 Å². The van der Waals surface area contributed by atoms with E-state index >= 15 is 0 Å². The lowest BCUT2D eigenvalue weighted by Gasteiger charge is -2.11. The summed E-state index contributed by atoms with van der Waals surface area (Å²) >= 11 is 0. The summed E-state index contributed by atoms with van der Waals surface area (Å²) in [5.74, 6) is 5.96. The Bertz CT molecular complexity index is 607. The van der Waals surface area contributed by atoms with Crippen LogP contribution in [0.2, 0.25) is 0 Å². The molecular formula is C14H16N2O4. The minimum absolute atomic E-state index is 0.138. The van der Waals surface area contributed by atoms with Gasteiger partial charge in [0.05, 0.1) is 13.4 Å². The number of ether oxygens (including phenoxy) is 2. The molecule has 1 amide bonds. The summed E-state index contributed by atoms with van der Waals surface area (Å²) in [5, 5.41) is 0. The Labute approximate surface area is 116 Å². The topological polar surface area (TPSA) is 86.7 Å². The molecule has 1 heterocycles. The first-order valence-electron chi connectivity index (χ1n) is 6.00. The van der Waals surface area contributed by atoms with E-state index in [-0.39, 0.29) is 12.4 Å². The van der Waals surface area contributed by atoms with Crippen molar-refractivity contribution >= 4 is 5.91 Å². The molecule has 6 heteroatoms. The number of hydrazine groups is 1. The molecule has 0 bridgehead atoms. The quantitative estimate of drug-likeness (QED) is 0.494. The maximum atomic E-state index is 11.5. The number of hydrogen-bond acceptors (Lipinski definition) is 5. The predicted octanol–water partition coefficient (Wildman–Crippen LogP) is 1.78. The van der Waals surface area contributed by atoms with E-state index in [2.05, 4.69) is 0 Å². The average molecular weight is 276 g/mol. The number of carbonyl (C=O) groups excluding carboxylic acids is 1. The van der Waals surface area contributed by atoms with Crippen LogP contribution in [-0.2, 0) is 6.61 Å². The largest absolute Gasteiger partial charge is 0.493 e. The zero-order valence-corrected chi connectivity index (χ0v) is 11.3. The Hall–Kier alpha value is -2.47. The molecule has 0 unspecified atom stereocenters. The smallest absolute Gasteiger partial charge is 0.301 e. The second-order valence-corrected chi connectivity index (χ2v) is 4.19. The zero-order valence-electron chi connectivity index (χ0n) is 11.3. The van der Waals surface area contributed by atoms with E-state index in [0.717, 1.165) is 5.56 Å². The van der Waals surface area contributed by atoms with Crippen LogP contribution in [0.3, 0.4) is 0 Å². The lowest BCUT2D eigenvalue weighted by atomic mass is 10.2. The first-order valence-corrected chi connectivity index (χ1v) is 6.00. The van der Waals surface area contributed by atoms with Gasteiger partial charge in [0.15, 0.2) is 17.3 Å². The van der Waals surface area contributed by atoms with Gasteiger partial charge in [-0.25, -0.2) is 5.84 Å². The number of rotatable bonds is 5. The van der Waals surface area contributed by atoms with Crippen molar-refractivity contribution in [2.45, 2.75) is 13.5 Å². The van der Waals surface area contributed by atoms with Crippen LogP contribution >= 0.6 is 0 Å². The molecule has 0 saturated heterocycles. The van der Waals surface area contributed by atoms with Crippen LogP contribution in [0, 0.1) is 6.92 Å². The van der Waals surface area contributed by atoms with Crippen LogP contribution in [0.15, 0.2) is 34.9 Å². The SMILES string of the molecule is COc1cc(C)ccc1OCc1ccoc1C(=O)NN. The van der Waals surface area contributed by atoms with E-state index in [0.29, 0.717) is 17.1 Å². The first-order chi connectivity index (χ1) is 9.65. The number of aryl methyl sites for hydroxylation is 1. The molecule has 0 atom stereocenters. The maximum absolute atomic E-state index is 11.5. The fraction of sp³-hybridized carbons (Fsp3) is 0.214. The van der Waals surface area contributed by atoms with Crippen molar-refractivity contribution in [2.75, 3.05) is 7.11 Å². The lowest BCUT2D eigenvalue weighted by Crippen LogP contribution is -2.30. The summed E-state index contributed by atoms with van der Waals surface area (Å²) in [7, 11) is 1.58. The zero-order chi connectivity index (χ0) is 14.5. The highest BCUT2D eigenvalue weighted by Gasteiger charge is 2.15. The molecule has 6 nitrogen and oxygen atoms in total. The Morgan fingerprint density at radius 2 is 2.15 bits per heavy atom. The molecule has 2 aromatic rings. The van der Waals surface area contributed by atoms with Crippen molar-refractivity contribution in [3.63, 3.8) is 0 Å². The van der Waals surface area contributed by atoms with Gasteiger partial charge in [-0.05, 0) is 30.7 Å². The number of nitrogen functional groups attached to an aromatic ring is 1. The minimum Gasteiger partial charge on any atom is -0.493 e. The van der Waals surface area contributed by atoms with Crippen molar-refractivity contribution in [1.29, 1.82) is 0 Å². The van der Waals surface area contributed by atoms with Crippen LogP contribution in [0.4, 0.5) is 0 Å². The van der Waals surface area contributed by atoms with Crippen molar-refractivity contribution in [3.8, 4) is 11.5 Å². The summed E-state index contributed by atoms with van der Waals surface area (Å²) < 4.78 is 16.0. The number of methoxy groups -OCH3 is 1. The van der Waals surface area contributed by atoms with Crippen molar-refractivity contribution in [2.24, 2.45) is 5.84 Å². The third-order valence-electron chi connectivity index (χ3n) is 2.79. The Morgan fingerprint density at radius 3 is 2.85 bits per heavy atom. The molecule has 0 spiro atoms. The van der Waals surface area contributed by atoms with E-state index in [1.807, 2.05) is 30.5 Å². The molecule has 0 radical (unpaired) electrons. The van der Waals surface area contributed by atoms with Crippen molar-refractivity contribution < 1.29 is 18.7 Å². The van der Waals surface area contributed by atoms with Gasteiger partial charge in [0.25, 0.3) is 0 Å². The average Bonchev–Trinajstić information content (AvgIpc) is 2.93. The molecule has 1 aromatic heterocycles. The monoisotopic (exact) mass is 276 g/mol. The normalized spacial score (nSPS) is 10.2. The number of benzene rings is 1. The maximum Gasteiger partial charge on any atom is 0.301 e. The van der Waals surface area contributed by atoms with Gasteiger partial charge in [-0.1, -0.05) is 6.07 Å². The van der Waals surface area contributed by atoms with Gasteiger partial charge in [-0.15, -0.1) is 0 Å². The van der Waals surface area contributed by atoms with Crippen molar-refractivity contribution in [3.05, 3.63) is 47.4 Å². The number of amides is 1. The third-order valence-corrected chi connectivity index (χ3v) is 2.79. The standard InChI is InChI=1S/C14H16N2O4/c1-9-3-4-11(12(7-9)18-2)20-8-10-5-6-19-13(10)14(17)16-15/h3-7H,8,15H2,1-2H3,(H,16,17). The Morgan fingerprint density at radius 1 is 1.35 bits per heavy atom. The molecule has 20 heavy (non-hydrogen) atoms. The van der Waals surface area contributed by atoms with Crippen molar-refractivity contribution in [1.82, 2.24) is 5.43 Å². The number of nitrogens with two attached hydrogens (primary N) is 1. The Balaban J connectivity index is 2.13. The van der Waals surface area contributed by atoms with Crippen LogP contribution in [-0.4, -0.2) is 13.0 Å². The van der Waals surface area contributed by atoms with Gasteiger partial charge in [-0.3, -0.25) is 10.2 Å². The Kier molecular flexibility index (Phi) is 4.27. The second kappa shape index (κ2) is 6.12. The summed E-state index contributed by atoms with van der Waals surface area (Å²) in [6.45, 7) is 2.14. The van der Waals surface area contributed by atoms with Gasteiger partial charge < -0.3 is 13.9 Å². The fourth-order valence-corrected chi connectivity index (χ4v) is 1.76. The van der Waals surface area contributed by atoms with Crippen LogP contribution in [0.25, 0.3) is 0 Å². The van der Waals surface area contributed by atoms with Crippen LogP contribution < -0.4 is 20.7 Å². The van der Waals surface area contributed by atoms with Gasteiger partial charge in [0, 0.05) is 5.56 Å². The molecule has 106 valence electrons. The van der Waals surface area contributed by atoms with E-state index < -0.39 is 5.91 Å². The molecule has 0 saturated carbocycles. The molecule has 0 aliphatic rings. The van der Waals surface area contributed by atoms with E-state index in [1.165, 1.54) is 6.26 Å². The number of furan rings is 1. The van der Waals surface area contributed by atoms with E-state index in [1.54, 1.807) is 13.2 Å². The summed E-state index contributed by atoms with van der Waals surface area (Å²) in [5.41, 5.74) is 3.70. The highest BCUT2D eigenvalue weighted by Crippen LogP contribution is 2.28. The highest BCUT2D eigenvalue weighted by atomic mass is 16.5. The van der Waals surface area contributed by atoms with Gasteiger partial charge in [-0.2, -0.15) is 0 Å². The molecular weight excluding hydrogens is 260 g/mol. The van der Waals surface area contributed by atoms with Crippen LogP contribution in [0.1, 0.15) is 21.7 Å². The van der Waals surface area contributed by atoms with Gasteiger partial charge in [0.2, 0.25) is 0 Å². The molecule has 1 aromatic carbocycles. The molecule has 0 fully saturated rings. The first kappa shape index (κ1) is 14.0. The molecule has 0 aliphatic heterocycles. The predicted molar refractivity (Wildman–Crippen MR) is 72.4 cm³/mol. The minimum atomic E-state index is -0.496. The molecule has 2 rings (SSSR count). The van der Waals surface area contributed by atoms with E-state index in [9.17, 15) is 4.79 Å². The third kappa shape index (κ3) is 2.92. The second-order valence-electron chi connectivity index (χ2n) is 4.19. The highest BCUT2D eigenvalue weighted by molar-refractivity contribution is 5.92. The fourth-order valence-electron chi connectivity index (χ4n) is 1.76. The number of carbonyl (C=O) groups is 1. The number of hydrogen-bond donors (Lipinski definition) is 2. The summed E-state index contributed by atoms with van der Waals surface area (Å²) in [6.07, 6.45) is 1.41. The molecule has 0 aliphatic carbocycles. The number of nitrogens with one attached hydrogen (secondary N) is 1. The van der Waals surface area contributed by atoms with E-state index in [4.69, 9.17) is 19.7 Å². The van der Waals surface area contributed by atoms with Gasteiger partial charge >= 0.3 is 5.91 Å². The van der Waals surface area contributed by atoms with Gasteiger partial charge in [0.1, 0.15) is 6.61 Å². The summed E-state index contributed by atoms with van der Waals surface area (Å²) in [4.78, 5) is 11.5. The summed E-state index contributed by atoms with van der Waals surface area (Å²) in [6, 6.07) is 7.26. The lowest BCUT2D eigenvalue weighted by molar-refractivity contribution is 0.0922. The molecule has 3 N–H and O–H groups in total.